The van der Waals surface area contributed by atoms with Gasteiger partial charge in [-0.05, 0) is 45.4 Å². The summed E-state index contributed by atoms with van der Waals surface area (Å²) >= 11 is 0. The number of hydrogen-bond donors (Lipinski definition) is 2. The van der Waals surface area contributed by atoms with E-state index in [1.807, 2.05) is 52.0 Å². The lowest BCUT2D eigenvalue weighted by molar-refractivity contribution is -0.166. The number of benzene rings is 1. The van der Waals surface area contributed by atoms with Gasteiger partial charge in [0.2, 0.25) is 11.9 Å². The molecule has 120 valence electrons. The molecule has 22 heavy (non-hydrogen) atoms. The Balaban J connectivity index is 1.99. The molecule has 0 aromatic heterocycles. The molecule has 0 aliphatic carbocycles. The number of ether oxygens (including phenoxy) is 1. The normalized spacial score (nSPS) is 17.2. The molecule has 0 atom stereocenters. The molecule has 2 rings (SSSR count). The van der Waals surface area contributed by atoms with Crippen molar-refractivity contribution in [2.75, 3.05) is 0 Å². The molecule has 7 heteroatoms. The predicted octanol–water partition coefficient (Wildman–Crippen LogP) is 1.59. The fraction of sp³-hybridized carbons (Fsp3) is 0.467. The molecule has 1 aromatic carbocycles. The van der Waals surface area contributed by atoms with Crippen LogP contribution in [0.3, 0.4) is 0 Å². The van der Waals surface area contributed by atoms with Crippen LogP contribution in [0.1, 0.15) is 33.3 Å². The Bertz CT molecular complexity index is 578. The maximum atomic E-state index is 5.86. The number of aliphatic imine (C=N–C) groups is 2. The summed E-state index contributed by atoms with van der Waals surface area (Å²) in [4.78, 5) is 13.9. The molecule has 0 unspecified atom stereocenters. The highest BCUT2D eigenvalue weighted by molar-refractivity contribution is 5.95. The first-order valence-electron chi connectivity index (χ1n) is 7.16. The number of nitrogens with two attached hydrogens (primary N) is 2. The highest BCUT2D eigenvalue weighted by Crippen LogP contribution is 2.21. The van der Waals surface area contributed by atoms with Crippen molar-refractivity contribution in [3.05, 3.63) is 29.8 Å². The first kappa shape index (κ1) is 16.1. The zero-order valence-electron chi connectivity index (χ0n) is 13.4. The molecule has 4 N–H and O–H groups in total. The van der Waals surface area contributed by atoms with Gasteiger partial charge in [-0.25, -0.2) is 4.99 Å². The highest BCUT2D eigenvalue weighted by Gasteiger charge is 2.33. The SMILES string of the molecule is CC(C)Oc1ccc(CON2C(N)=NC(N)=NC2(C)C)cc1. The third-order valence-electron chi connectivity index (χ3n) is 2.98. The summed E-state index contributed by atoms with van der Waals surface area (Å²) in [6, 6.07) is 7.71. The third-order valence-corrected chi connectivity index (χ3v) is 2.98. The van der Waals surface area contributed by atoms with Gasteiger partial charge in [-0.15, -0.1) is 0 Å². The maximum Gasteiger partial charge on any atom is 0.226 e. The molecule has 0 radical (unpaired) electrons. The van der Waals surface area contributed by atoms with Crippen LogP contribution in [0.25, 0.3) is 0 Å². The Morgan fingerprint density at radius 2 is 1.82 bits per heavy atom. The average Bonchev–Trinajstić information content (AvgIpc) is 2.37. The van der Waals surface area contributed by atoms with Gasteiger partial charge < -0.3 is 16.2 Å². The van der Waals surface area contributed by atoms with Gasteiger partial charge in [0.25, 0.3) is 0 Å². The quantitative estimate of drug-likeness (QED) is 0.860. The van der Waals surface area contributed by atoms with Crippen molar-refractivity contribution in [2.45, 2.75) is 46.1 Å². The minimum atomic E-state index is -0.698. The van der Waals surface area contributed by atoms with Crippen molar-refractivity contribution in [3.63, 3.8) is 0 Å². The van der Waals surface area contributed by atoms with Crippen LogP contribution in [0, 0.1) is 0 Å². The molecule has 0 bridgehead atoms. The summed E-state index contributed by atoms with van der Waals surface area (Å²) in [6.45, 7) is 8.02. The van der Waals surface area contributed by atoms with E-state index in [1.165, 1.54) is 5.06 Å². The first-order valence-corrected chi connectivity index (χ1v) is 7.16. The number of hydroxylamine groups is 2. The molecular formula is C15H23N5O2. The number of guanidine groups is 2. The zero-order chi connectivity index (χ0) is 16.3. The topological polar surface area (TPSA) is 98.5 Å². The first-order chi connectivity index (χ1) is 10.3. The number of rotatable bonds is 5. The van der Waals surface area contributed by atoms with Gasteiger partial charge in [0, 0.05) is 0 Å². The molecule has 0 fully saturated rings. The van der Waals surface area contributed by atoms with Crippen molar-refractivity contribution in [1.29, 1.82) is 0 Å². The van der Waals surface area contributed by atoms with Crippen LogP contribution in [0.15, 0.2) is 34.3 Å². The minimum Gasteiger partial charge on any atom is -0.491 e. The Kier molecular flexibility index (Phi) is 4.56. The molecular weight excluding hydrogens is 282 g/mol. The molecule has 1 aliphatic heterocycles. The van der Waals surface area contributed by atoms with E-state index in [0.717, 1.165) is 11.3 Å². The Morgan fingerprint density at radius 1 is 1.18 bits per heavy atom. The zero-order valence-corrected chi connectivity index (χ0v) is 13.4. The van der Waals surface area contributed by atoms with E-state index in [-0.39, 0.29) is 18.0 Å². The second kappa shape index (κ2) is 6.23. The van der Waals surface area contributed by atoms with Crippen LogP contribution in [0.2, 0.25) is 0 Å². The number of hydrogen-bond acceptors (Lipinski definition) is 7. The van der Waals surface area contributed by atoms with Crippen molar-refractivity contribution < 1.29 is 9.57 Å². The third kappa shape index (κ3) is 3.88. The van der Waals surface area contributed by atoms with Gasteiger partial charge in [0.15, 0.2) is 5.66 Å². The lowest BCUT2D eigenvalue weighted by Gasteiger charge is -2.36. The lowest BCUT2D eigenvalue weighted by atomic mass is 10.2. The summed E-state index contributed by atoms with van der Waals surface area (Å²) in [7, 11) is 0. The fourth-order valence-corrected chi connectivity index (χ4v) is 2.09. The van der Waals surface area contributed by atoms with Gasteiger partial charge >= 0.3 is 0 Å². The molecule has 0 spiro atoms. The summed E-state index contributed by atoms with van der Waals surface area (Å²) in [6.07, 6.45) is 0.149. The second-order valence-corrected chi connectivity index (χ2v) is 5.81. The highest BCUT2D eigenvalue weighted by atomic mass is 16.7. The summed E-state index contributed by atoms with van der Waals surface area (Å²) in [5.41, 5.74) is 11.8. The van der Waals surface area contributed by atoms with E-state index in [0.29, 0.717) is 6.61 Å². The van der Waals surface area contributed by atoms with Gasteiger partial charge in [0.05, 0.1) is 6.10 Å². The van der Waals surface area contributed by atoms with E-state index in [1.54, 1.807) is 0 Å². The largest absolute Gasteiger partial charge is 0.491 e. The smallest absolute Gasteiger partial charge is 0.226 e. The van der Waals surface area contributed by atoms with Crippen molar-refractivity contribution in [1.82, 2.24) is 5.06 Å². The van der Waals surface area contributed by atoms with Crippen LogP contribution in [-0.2, 0) is 11.4 Å². The van der Waals surface area contributed by atoms with Crippen LogP contribution in [0.4, 0.5) is 0 Å². The monoisotopic (exact) mass is 305 g/mol. The fourth-order valence-electron chi connectivity index (χ4n) is 2.09. The summed E-state index contributed by atoms with van der Waals surface area (Å²) < 4.78 is 5.60. The number of nitrogens with zero attached hydrogens (tertiary/aromatic N) is 3. The van der Waals surface area contributed by atoms with Gasteiger partial charge in [-0.1, -0.05) is 12.1 Å². The maximum absolute atomic E-state index is 5.86. The van der Waals surface area contributed by atoms with Crippen LogP contribution < -0.4 is 16.2 Å². The molecule has 1 heterocycles. The van der Waals surface area contributed by atoms with Crippen molar-refractivity contribution in [3.8, 4) is 5.75 Å². The molecule has 0 saturated carbocycles. The average molecular weight is 305 g/mol. The van der Waals surface area contributed by atoms with E-state index >= 15 is 0 Å². The van der Waals surface area contributed by atoms with Crippen LogP contribution >= 0.6 is 0 Å². The Morgan fingerprint density at radius 3 is 2.36 bits per heavy atom. The van der Waals surface area contributed by atoms with Crippen molar-refractivity contribution in [2.24, 2.45) is 21.5 Å². The summed E-state index contributed by atoms with van der Waals surface area (Å²) in [5, 5.41) is 1.46. The molecule has 1 aromatic rings. The molecule has 0 amide bonds. The second-order valence-electron chi connectivity index (χ2n) is 5.81. The van der Waals surface area contributed by atoms with Crippen LogP contribution in [0.5, 0.6) is 5.75 Å². The standard InChI is InChI=1S/C15H23N5O2/c1-10(2)22-12-7-5-11(6-8-12)9-21-20-14(17)18-13(16)19-15(20,3)4/h5-8,10H,9H2,1-4H3,(H4,16,17,18,19). The van der Waals surface area contributed by atoms with E-state index < -0.39 is 5.66 Å². The van der Waals surface area contributed by atoms with Crippen LogP contribution in [-0.4, -0.2) is 28.7 Å². The van der Waals surface area contributed by atoms with Gasteiger partial charge in [-0.2, -0.15) is 10.1 Å². The molecule has 1 aliphatic rings. The van der Waals surface area contributed by atoms with Gasteiger partial charge in [0.1, 0.15) is 12.4 Å². The molecule has 7 nitrogen and oxygen atoms in total. The van der Waals surface area contributed by atoms with Crippen molar-refractivity contribution >= 4 is 11.9 Å². The summed E-state index contributed by atoms with van der Waals surface area (Å²) in [5.74, 6) is 1.17. The van der Waals surface area contributed by atoms with Gasteiger partial charge in [-0.3, -0.25) is 4.84 Å². The predicted molar refractivity (Wildman–Crippen MR) is 86.2 cm³/mol. The molecule has 0 saturated heterocycles. The van der Waals surface area contributed by atoms with E-state index in [9.17, 15) is 0 Å². The Labute approximate surface area is 130 Å². The minimum absolute atomic E-state index is 0.149. The Hall–Kier alpha value is -2.28. The lowest BCUT2D eigenvalue weighted by Crippen LogP contribution is -2.53. The van der Waals surface area contributed by atoms with E-state index in [4.69, 9.17) is 21.0 Å². The van der Waals surface area contributed by atoms with E-state index in [2.05, 4.69) is 9.98 Å².